The first-order chi connectivity index (χ1) is 8.20. The number of carbonyl (C=O) groups excluding carboxylic acids is 1. The van der Waals surface area contributed by atoms with Crippen LogP contribution < -0.4 is 5.32 Å². The molecule has 1 aliphatic carbocycles. The molecule has 0 aliphatic heterocycles. The fraction of sp³-hybridized carbons (Fsp3) is 0.500. The number of halogens is 1. The molecule has 0 heterocycles. The molecule has 0 spiro atoms. The molecule has 0 atom stereocenters. The van der Waals surface area contributed by atoms with Crippen LogP contribution in [0.1, 0.15) is 38.2 Å². The van der Waals surface area contributed by atoms with Gasteiger partial charge in [-0.25, -0.2) is 0 Å². The number of aryl methyl sites for hydroxylation is 1. The minimum absolute atomic E-state index is 0.159. The average Bonchev–Trinajstić information content (AvgIpc) is 3.13. The van der Waals surface area contributed by atoms with Gasteiger partial charge in [0.1, 0.15) is 0 Å². The molecule has 1 amide bonds. The number of benzene rings is 1. The lowest BCUT2D eigenvalue weighted by Crippen LogP contribution is -2.13. The third-order valence-corrected chi connectivity index (χ3v) is 3.71. The third kappa shape index (κ3) is 3.56. The van der Waals surface area contributed by atoms with E-state index in [-0.39, 0.29) is 11.8 Å². The van der Waals surface area contributed by atoms with E-state index in [0.29, 0.717) is 0 Å². The van der Waals surface area contributed by atoms with Crippen molar-refractivity contribution in [3.8, 4) is 0 Å². The summed E-state index contributed by atoms with van der Waals surface area (Å²) < 4.78 is 0.986. The van der Waals surface area contributed by atoms with E-state index in [1.807, 2.05) is 6.07 Å². The lowest BCUT2D eigenvalue weighted by atomic mass is 10.1. The number of carbonyl (C=O) groups is 1. The van der Waals surface area contributed by atoms with Crippen LogP contribution in [-0.4, -0.2) is 5.91 Å². The summed E-state index contributed by atoms with van der Waals surface area (Å²) in [7, 11) is 0. The molecule has 1 saturated carbocycles. The van der Waals surface area contributed by atoms with E-state index in [1.165, 1.54) is 18.4 Å². The number of rotatable bonds is 5. The van der Waals surface area contributed by atoms with Crippen LogP contribution in [0, 0.1) is 5.92 Å². The maximum absolute atomic E-state index is 11.7. The summed E-state index contributed by atoms with van der Waals surface area (Å²) in [5.74, 6) is 0.411. The minimum Gasteiger partial charge on any atom is -0.325 e. The number of amides is 1. The Morgan fingerprint density at radius 3 is 2.82 bits per heavy atom. The van der Waals surface area contributed by atoms with E-state index in [0.717, 1.165) is 29.4 Å². The second-order valence-electron chi connectivity index (χ2n) is 4.68. The molecule has 17 heavy (non-hydrogen) atoms. The summed E-state index contributed by atoms with van der Waals surface area (Å²) in [6.07, 6.45) is 5.60. The van der Waals surface area contributed by atoms with E-state index >= 15 is 0 Å². The summed E-state index contributed by atoms with van der Waals surface area (Å²) in [4.78, 5) is 11.7. The van der Waals surface area contributed by atoms with Crippen LogP contribution >= 0.6 is 15.9 Å². The first kappa shape index (κ1) is 12.6. The maximum atomic E-state index is 11.7. The predicted octanol–water partition coefficient (Wildman–Crippen LogP) is 4.14. The van der Waals surface area contributed by atoms with Crippen molar-refractivity contribution >= 4 is 27.5 Å². The molecule has 0 bridgehead atoms. The Bertz CT molecular complexity index is 413. The van der Waals surface area contributed by atoms with Gasteiger partial charge < -0.3 is 5.32 Å². The van der Waals surface area contributed by atoms with E-state index in [2.05, 4.69) is 40.3 Å². The Labute approximate surface area is 111 Å². The lowest BCUT2D eigenvalue weighted by molar-refractivity contribution is -0.117. The highest BCUT2D eigenvalue weighted by molar-refractivity contribution is 9.10. The molecule has 3 heteroatoms. The van der Waals surface area contributed by atoms with Gasteiger partial charge in [0, 0.05) is 10.4 Å². The standard InChI is InChI=1S/C14H18BrNO/c1-2-3-4-10-5-8-13(12(15)9-10)16-14(17)11-6-7-11/h5,8-9,11H,2-4,6-7H2,1H3,(H,16,17). The number of unbranched alkanes of at least 4 members (excludes halogenated alkanes) is 1. The first-order valence-corrected chi connectivity index (χ1v) is 7.09. The molecule has 0 saturated heterocycles. The predicted molar refractivity (Wildman–Crippen MR) is 74.1 cm³/mol. The highest BCUT2D eigenvalue weighted by Crippen LogP contribution is 2.32. The maximum Gasteiger partial charge on any atom is 0.227 e. The van der Waals surface area contributed by atoms with Gasteiger partial charge in [-0.1, -0.05) is 19.4 Å². The van der Waals surface area contributed by atoms with Crippen molar-refractivity contribution < 1.29 is 4.79 Å². The number of hydrogen-bond acceptors (Lipinski definition) is 1. The summed E-state index contributed by atoms with van der Waals surface area (Å²) >= 11 is 3.52. The molecule has 1 aromatic rings. The highest BCUT2D eigenvalue weighted by Gasteiger charge is 2.29. The Balaban J connectivity index is 2.00. The van der Waals surface area contributed by atoms with E-state index in [1.54, 1.807) is 0 Å². The second-order valence-corrected chi connectivity index (χ2v) is 5.54. The van der Waals surface area contributed by atoms with Crippen LogP contribution in [-0.2, 0) is 11.2 Å². The van der Waals surface area contributed by atoms with E-state index < -0.39 is 0 Å². The van der Waals surface area contributed by atoms with Crippen molar-refractivity contribution in [2.75, 3.05) is 5.32 Å². The van der Waals surface area contributed by atoms with E-state index in [9.17, 15) is 4.79 Å². The molecule has 1 N–H and O–H groups in total. The fourth-order valence-electron chi connectivity index (χ4n) is 1.78. The summed E-state index contributed by atoms with van der Waals surface area (Å²) in [6, 6.07) is 6.20. The van der Waals surface area contributed by atoms with Crippen molar-refractivity contribution in [1.29, 1.82) is 0 Å². The minimum atomic E-state index is 0.159. The molecule has 1 aliphatic rings. The number of anilines is 1. The molecule has 0 aromatic heterocycles. The fourth-order valence-corrected chi connectivity index (χ4v) is 2.30. The first-order valence-electron chi connectivity index (χ1n) is 6.30. The van der Waals surface area contributed by atoms with Crippen LogP contribution in [0.5, 0.6) is 0 Å². The summed E-state index contributed by atoms with van der Waals surface area (Å²) in [6.45, 7) is 2.19. The zero-order chi connectivity index (χ0) is 12.3. The monoisotopic (exact) mass is 295 g/mol. The van der Waals surface area contributed by atoms with Gasteiger partial charge in [-0.05, 0) is 59.3 Å². The van der Waals surface area contributed by atoms with Gasteiger partial charge in [0.2, 0.25) is 5.91 Å². The van der Waals surface area contributed by atoms with Gasteiger partial charge in [0.15, 0.2) is 0 Å². The van der Waals surface area contributed by atoms with Gasteiger partial charge >= 0.3 is 0 Å². The zero-order valence-corrected chi connectivity index (χ0v) is 11.7. The molecule has 1 fully saturated rings. The van der Waals surface area contributed by atoms with Crippen LogP contribution in [0.3, 0.4) is 0 Å². The third-order valence-electron chi connectivity index (χ3n) is 3.06. The van der Waals surface area contributed by atoms with Gasteiger partial charge in [-0.3, -0.25) is 4.79 Å². The quantitative estimate of drug-likeness (QED) is 0.869. The van der Waals surface area contributed by atoms with Crippen LogP contribution in [0.2, 0.25) is 0 Å². The zero-order valence-electron chi connectivity index (χ0n) is 10.1. The summed E-state index contributed by atoms with van der Waals surface area (Å²) in [5.41, 5.74) is 2.21. The molecular formula is C14H18BrNO. The van der Waals surface area contributed by atoms with Crippen molar-refractivity contribution in [2.24, 2.45) is 5.92 Å². The van der Waals surface area contributed by atoms with Gasteiger partial charge in [-0.15, -0.1) is 0 Å². The largest absolute Gasteiger partial charge is 0.325 e. The topological polar surface area (TPSA) is 29.1 Å². The van der Waals surface area contributed by atoms with Gasteiger partial charge in [0.05, 0.1) is 5.69 Å². The van der Waals surface area contributed by atoms with Crippen molar-refractivity contribution in [1.82, 2.24) is 0 Å². The van der Waals surface area contributed by atoms with Crippen molar-refractivity contribution in [3.05, 3.63) is 28.2 Å². The Hall–Kier alpha value is -0.830. The molecule has 1 aromatic carbocycles. The Morgan fingerprint density at radius 1 is 1.47 bits per heavy atom. The van der Waals surface area contributed by atoms with Crippen molar-refractivity contribution in [3.63, 3.8) is 0 Å². The highest BCUT2D eigenvalue weighted by atomic mass is 79.9. The van der Waals surface area contributed by atoms with Crippen LogP contribution in [0.25, 0.3) is 0 Å². The molecule has 0 unspecified atom stereocenters. The molecule has 0 radical (unpaired) electrons. The molecule has 92 valence electrons. The van der Waals surface area contributed by atoms with Gasteiger partial charge in [0.25, 0.3) is 0 Å². The SMILES string of the molecule is CCCCc1ccc(NC(=O)C2CC2)c(Br)c1. The Kier molecular flexibility index (Phi) is 4.21. The Morgan fingerprint density at radius 2 is 2.24 bits per heavy atom. The average molecular weight is 296 g/mol. The number of hydrogen-bond donors (Lipinski definition) is 1. The number of nitrogens with one attached hydrogen (secondary N) is 1. The normalized spacial score (nSPS) is 14.7. The van der Waals surface area contributed by atoms with Crippen LogP contribution in [0.15, 0.2) is 22.7 Å². The van der Waals surface area contributed by atoms with E-state index in [4.69, 9.17) is 0 Å². The van der Waals surface area contributed by atoms with Crippen LogP contribution in [0.4, 0.5) is 5.69 Å². The molecular weight excluding hydrogens is 278 g/mol. The summed E-state index contributed by atoms with van der Waals surface area (Å²) in [5, 5.41) is 2.97. The van der Waals surface area contributed by atoms with Crippen molar-refractivity contribution in [2.45, 2.75) is 39.0 Å². The smallest absolute Gasteiger partial charge is 0.227 e. The van der Waals surface area contributed by atoms with Gasteiger partial charge in [-0.2, -0.15) is 0 Å². The second kappa shape index (κ2) is 5.67. The molecule has 2 rings (SSSR count). The lowest BCUT2D eigenvalue weighted by Gasteiger charge is -2.08. The molecule has 2 nitrogen and oxygen atoms in total.